The van der Waals surface area contributed by atoms with Crippen LogP contribution in [0.2, 0.25) is 0 Å². The van der Waals surface area contributed by atoms with Crippen molar-refractivity contribution in [2.45, 2.75) is 31.3 Å². The minimum absolute atomic E-state index is 0.368. The number of benzene rings is 1. The minimum atomic E-state index is -0.368. The summed E-state index contributed by atoms with van der Waals surface area (Å²) in [6.45, 7) is 1.34. The number of hydrogen-bond acceptors (Lipinski definition) is 4. The third-order valence-electron chi connectivity index (χ3n) is 3.79. The molecule has 1 atom stereocenters. The van der Waals surface area contributed by atoms with E-state index in [9.17, 15) is 0 Å². The van der Waals surface area contributed by atoms with Gasteiger partial charge in [0.25, 0.3) is 0 Å². The lowest BCUT2D eigenvalue weighted by Gasteiger charge is -2.38. The molecule has 20 heavy (non-hydrogen) atoms. The lowest BCUT2D eigenvalue weighted by molar-refractivity contribution is -0.0153. The molecule has 0 amide bonds. The van der Waals surface area contributed by atoms with Crippen LogP contribution in [0.25, 0.3) is 0 Å². The molecule has 0 aromatic heterocycles. The Balaban J connectivity index is 2.03. The molecule has 0 aliphatic carbocycles. The molecule has 0 bridgehead atoms. The lowest BCUT2D eigenvalue weighted by Crippen LogP contribution is -2.45. The number of nitrogens with zero attached hydrogens (tertiary/aromatic N) is 2. The van der Waals surface area contributed by atoms with Crippen molar-refractivity contribution in [3.05, 3.63) is 28.2 Å². The molecule has 1 aromatic carbocycles. The SMILES string of the molecule is N#C/N=C1\CC2(CCCCOC2)Oc2ccc(Br)cc21. The summed E-state index contributed by atoms with van der Waals surface area (Å²) in [5.74, 6) is 0.791. The molecule has 1 aromatic rings. The maximum Gasteiger partial charge on any atom is 0.205 e. The predicted octanol–water partition coefficient (Wildman–Crippen LogP) is 3.44. The van der Waals surface area contributed by atoms with Gasteiger partial charge in [-0.1, -0.05) is 15.9 Å². The first kappa shape index (κ1) is 13.6. The standard InChI is InChI=1S/C15H15BrN2O2/c16-11-3-4-14-12(7-11)13(18-10-17)8-15(20-14)5-1-2-6-19-9-15/h3-4,7H,1-2,5-6,8-9H2/b18-13+. The van der Waals surface area contributed by atoms with Gasteiger partial charge in [0.1, 0.15) is 11.4 Å². The number of rotatable bonds is 0. The zero-order valence-corrected chi connectivity index (χ0v) is 12.6. The van der Waals surface area contributed by atoms with Crippen LogP contribution in [0, 0.1) is 11.5 Å². The fourth-order valence-corrected chi connectivity index (χ4v) is 3.21. The van der Waals surface area contributed by atoms with E-state index in [4.69, 9.17) is 14.7 Å². The van der Waals surface area contributed by atoms with E-state index in [1.807, 2.05) is 24.4 Å². The number of ether oxygens (including phenoxy) is 2. The molecule has 0 radical (unpaired) electrons. The molecule has 1 fully saturated rings. The number of fused-ring (bicyclic) bond motifs is 1. The van der Waals surface area contributed by atoms with Crippen molar-refractivity contribution in [3.63, 3.8) is 0 Å². The number of aliphatic imine (C=N–C) groups is 1. The fraction of sp³-hybridized carbons (Fsp3) is 0.467. The third kappa shape index (κ3) is 2.58. The van der Waals surface area contributed by atoms with E-state index >= 15 is 0 Å². The highest BCUT2D eigenvalue weighted by molar-refractivity contribution is 9.10. The molecule has 104 valence electrons. The van der Waals surface area contributed by atoms with Crippen LogP contribution < -0.4 is 4.74 Å². The molecule has 3 rings (SSSR count). The van der Waals surface area contributed by atoms with Gasteiger partial charge in [-0.2, -0.15) is 10.3 Å². The van der Waals surface area contributed by atoms with Crippen LogP contribution in [0.4, 0.5) is 0 Å². The first-order valence-electron chi connectivity index (χ1n) is 6.75. The molecule has 5 heteroatoms. The Labute approximate surface area is 126 Å². The number of nitriles is 1. The van der Waals surface area contributed by atoms with Crippen LogP contribution in [0.1, 0.15) is 31.2 Å². The van der Waals surface area contributed by atoms with Gasteiger partial charge in [0.05, 0.1) is 12.3 Å². The van der Waals surface area contributed by atoms with Crippen molar-refractivity contribution in [3.8, 4) is 11.9 Å². The first-order valence-corrected chi connectivity index (χ1v) is 7.54. The monoisotopic (exact) mass is 334 g/mol. The molecule has 0 saturated carbocycles. The van der Waals surface area contributed by atoms with Crippen molar-refractivity contribution < 1.29 is 9.47 Å². The summed E-state index contributed by atoms with van der Waals surface area (Å²) >= 11 is 3.45. The average molecular weight is 335 g/mol. The molecule has 4 nitrogen and oxygen atoms in total. The van der Waals surface area contributed by atoms with Crippen molar-refractivity contribution in [1.82, 2.24) is 0 Å². The van der Waals surface area contributed by atoms with E-state index in [0.717, 1.165) is 47.4 Å². The second kappa shape index (κ2) is 5.55. The zero-order valence-electron chi connectivity index (χ0n) is 11.1. The normalized spacial score (nSPS) is 27.5. The molecule has 2 aliphatic heterocycles. The van der Waals surface area contributed by atoms with E-state index in [2.05, 4.69) is 20.9 Å². The summed E-state index contributed by atoms with van der Waals surface area (Å²) in [4.78, 5) is 4.01. The Morgan fingerprint density at radius 3 is 3.10 bits per heavy atom. The van der Waals surface area contributed by atoms with Gasteiger partial charge in [-0.05, 0) is 37.5 Å². The van der Waals surface area contributed by atoms with Crippen molar-refractivity contribution in [2.24, 2.45) is 4.99 Å². The zero-order chi connectivity index (χ0) is 14.0. The summed E-state index contributed by atoms with van der Waals surface area (Å²) in [6, 6.07) is 5.83. The molecule has 1 spiro atoms. The first-order chi connectivity index (χ1) is 9.72. The maximum absolute atomic E-state index is 8.93. The largest absolute Gasteiger partial charge is 0.484 e. The van der Waals surface area contributed by atoms with Crippen LogP contribution in [-0.2, 0) is 4.74 Å². The van der Waals surface area contributed by atoms with Gasteiger partial charge in [0.15, 0.2) is 0 Å². The van der Waals surface area contributed by atoms with Crippen LogP contribution in [0.5, 0.6) is 5.75 Å². The Morgan fingerprint density at radius 2 is 2.25 bits per heavy atom. The van der Waals surface area contributed by atoms with Gasteiger partial charge >= 0.3 is 0 Å². The van der Waals surface area contributed by atoms with Gasteiger partial charge in [-0.15, -0.1) is 0 Å². The summed E-state index contributed by atoms with van der Waals surface area (Å²) in [6.07, 6.45) is 5.61. The van der Waals surface area contributed by atoms with Crippen LogP contribution in [0.15, 0.2) is 27.7 Å². The average Bonchev–Trinajstić information content (AvgIpc) is 2.66. The van der Waals surface area contributed by atoms with E-state index < -0.39 is 0 Å². The molecule has 0 N–H and O–H groups in total. The van der Waals surface area contributed by atoms with E-state index in [0.29, 0.717) is 13.0 Å². The molecule has 2 aliphatic rings. The van der Waals surface area contributed by atoms with Crippen LogP contribution in [-0.4, -0.2) is 24.5 Å². The Hall–Kier alpha value is -1.38. The fourth-order valence-electron chi connectivity index (χ4n) is 2.85. The molecular weight excluding hydrogens is 320 g/mol. The van der Waals surface area contributed by atoms with Crippen molar-refractivity contribution in [2.75, 3.05) is 13.2 Å². The Bertz CT molecular complexity index is 584. The number of halogens is 1. The maximum atomic E-state index is 8.93. The van der Waals surface area contributed by atoms with Crippen LogP contribution in [0.3, 0.4) is 0 Å². The summed E-state index contributed by atoms with van der Waals surface area (Å²) in [5.41, 5.74) is 1.32. The minimum Gasteiger partial charge on any atom is -0.484 e. The number of hydrogen-bond donors (Lipinski definition) is 0. The lowest BCUT2D eigenvalue weighted by atomic mass is 9.86. The van der Waals surface area contributed by atoms with Gasteiger partial charge in [0, 0.05) is 23.1 Å². The van der Waals surface area contributed by atoms with Crippen molar-refractivity contribution in [1.29, 1.82) is 5.26 Å². The van der Waals surface area contributed by atoms with Gasteiger partial charge in [-0.3, -0.25) is 0 Å². The molecule has 2 heterocycles. The summed E-state index contributed by atoms with van der Waals surface area (Å²) in [5, 5.41) is 8.93. The van der Waals surface area contributed by atoms with E-state index in [1.165, 1.54) is 0 Å². The predicted molar refractivity (Wildman–Crippen MR) is 78.9 cm³/mol. The topological polar surface area (TPSA) is 54.6 Å². The van der Waals surface area contributed by atoms with Gasteiger partial charge in [0.2, 0.25) is 6.19 Å². The van der Waals surface area contributed by atoms with E-state index in [1.54, 1.807) is 0 Å². The second-order valence-electron chi connectivity index (χ2n) is 5.27. The highest BCUT2D eigenvalue weighted by atomic mass is 79.9. The molecular formula is C15H15BrN2O2. The molecule has 1 unspecified atom stereocenters. The van der Waals surface area contributed by atoms with Gasteiger partial charge in [-0.25, -0.2) is 0 Å². The second-order valence-corrected chi connectivity index (χ2v) is 6.19. The quantitative estimate of drug-likeness (QED) is 0.683. The highest BCUT2D eigenvalue weighted by Gasteiger charge is 2.40. The smallest absolute Gasteiger partial charge is 0.205 e. The van der Waals surface area contributed by atoms with E-state index in [-0.39, 0.29) is 5.60 Å². The van der Waals surface area contributed by atoms with Gasteiger partial charge < -0.3 is 9.47 Å². The molecule has 1 saturated heterocycles. The summed E-state index contributed by atoms with van der Waals surface area (Å²) in [7, 11) is 0. The summed E-state index contributed by atoms with van der Waals surface area (Å²) < 4.78 is 12.9. The van der Waals surface area contributed by atoms with Crippen molar-refractivity contribution >= 4 is 21.6 Å². The highest BCUT2D eigenvalue weighted by Crippen LogP contribution is 2.39. The van der Waals surface area contributed by atoms with Crippen LogP contribution >= 0.6 is 15.9 Å². The Morgan fingerprint density at radius 1 is 1.35 bits per heavy atom. The Kier molecular flexibility index (Phi) is 3.77. The third-order valence-corrected chi connectivity index (χ3v) is 4.28.